The minimum Gasteiger partial charge on any atom is -0.481 e. The van der Waals surface area contributed by atoms with Crippen molar-refractivity contribution in [2.45, 2.75) is 20.0 Å². The third-order valence-corrected chi connectivity index (χ3v) is 4.55. The van der Waals surface area contributed by atoms with Crippen LogP contribution in [0.25, 0.3) is 11.3 Å². The molecule has 1 heterocycles. The van der Waals surface area contributed by atoms with Gasteiger partial charge in [-0.15, -0.1) is 11.3 Å². The molecule has 0 aliphatic carbocycles. The predicted octanol–water partition coefficient (Wildman–Crippen LogP) is 5.18. The van der Waals surface area contributed by atoms with Crippen LogP contribution in [-0.2, 0) is 4.79 Å². The lowest BCUT2D eigenvalue weighted by atomic mass is 10.1. The van der Waals surface area contributed by atoms with Gasteiger partial charge in [-0.25, -0.2) is 4.98 Å². The molecule has 0 saturated carbocycles. The Morgan fingerprint density at radius 3 is 2.64 bits per heavy atom. The molecule has 128 valence electrons. The molecule has 1 aromatic heterocycles. The van der Waals surface area contributed by atoms with Crippen molar-refractivity contribution in [1.82, 2.24) is 4.98 Å². The summed E-state index contributed by atoms with van der Waals surface area (Å²) in [5, 5.41) is 6.46. The topological polar surface area (TPSA) is 51.2 Å². The summed E-state index contributed by atoms with van der Waals surface area (Å²) in [4.78, 5) is 16.7. The van der Waals surface area contributed by atoms with E-state index in [1.54, 1.807) is 42.5 Å². The van der Waals surface area contributed by atoms with E-state index in [1.807, 2.05) is 36.6 Å². The van der Waals surface area contributed by atoms with Crippen LogP contribution in [0, 0.1) is 6.92 Å². The molecule has 1 atom stereocenters. The van der Waals surface area contributed by atoms with Gasteiger partial charge in [0.2, 0.25) is 0 Å². The first-order valence-corrected chi connectivity index (χ1v) is 9.03. The SMILES string of the molecule is Cc1nc(-c2ccc(NC(=O)C(C)Oc3cccc(Cl)c3)cc2)cs1. The Hall–Kier alpha value is -2.37. The number of thiazole rings is 1. The Morgan fingerprint density at radius 2 is 2.00 bits per heavy atom. The molecule has 2 aromatic carbocycles. The van der Waals surface area contributed by atoms with Gasteiger partial charge in [0.1, 0.15) is 5.75 Å². The summed E-state index contributed by atoms with van der Waals surface area (Å²) in [6.07, 6.45) is -0.640. The average molecular weight is 373 g/mol. The summed E-state index contributed by atoms with van der Waals surface area (Å²) in [5.74, 6) is 0.335. The highest BCUT2D eigenvalue weighted by atomic mass is 35.5. The number of hydrogen-bond acceptors (Lipinski definition) is 4. The minimum atomic E-state index is -0.640. The monoisotopic (exact) mass is 372 g/mol. The van der Waals surface area contributed by atoms with Gasteiger partial charge in [0, 0.05) is 21.7 Å². The molecule has 3 rings (SSSR count). The first-order valence-electron chi connectivity index (χ1n) is 7.77. The maximum Gasteiger partial charge on any atom is 0.265 e. The van der Waals surface area contributed by atoms with Crippen LogP contribution in [-0.4, -0.2) is 17.0 Å². The van der Waals surface area contributed by atoms with E-state index in [4.69, 9.17) is 16.3 Å². The quantitative estimate of drug-likeness (QED) is 0.671. The van der Waals surface area contributed by atoms with Crippen molar-refractivity contribution in [2.75, 3.05) is 5.32 Å². The van der Waals surface area contributed by atoms with Crippen LogP contribution < -0.4 is 10.1 Å². The van der Waals surface area contributed by atoms with Crippen LogP contribution in [0.3, 0.4) is 0 Å². The van der Waals surface area contributed by atoms with E-state index in [1.165, 1.54) is 0 Å². The summed E-state index contributed by atoms with van der Waals surface area (Å²) in [5.41, 5.74) is 2.67. The molecule has 0 bridgehead atoms. The Labute approximate surface area is 155 Å². The lowest BCUT2D eigenvalue weighted by molar-refractivity contribution is -0.122. The number of aryl methyl sites for hydroxylation is 1. The van der Waals surface area contributed by atoms with Crippen molar-refractivity contribution in [2.24, 2.45) is 0 Å². The summed E-state index contributed by atoms with van der Waals surface area (Å²) < 4.78 is 5.62. The smallest absolute Gasteiger partial charge is 0.265 e. The van der Waals surface area contributed by atoms with Crippen LogP contribution in [0.15, 0.2) is 53.9 Å². The summed E-state index contributed by atoms with van der Waals surface area (Å²) in [6, 6.07) is 14.6. The van der Waals surface area contributed by atoms with Crippen LogP contribution in [0.2, 0.25) is 5.02 Å². The van der Waals surface area contributed by atoms with Crippen LogP contribution in [0.4, 0.5) is 5.69 Å². The normalized spacial score (nSPS) is 11.8. The predicted molar refractivity (Wildman–Crippen MR) is 102 cm³/mol. The lowest BCUT2D eigenvalue weighted by Gasteiger charge is -2.15. The van der Waals surface area contributed by atoms with Crippen molar-refractivity contribution in [1.29, 1.82) is 0 Å². The first kappa shape index (κ1) is 17.5. The Morgan fingerprint density at radius 1 is 1.24 bits per heavy atom. The van der Waals surface area contributed by atoms with Gasteiger partial charge in [0.05, 0.1) is 10.7 Å². The number of rotatable bonds is 5. The standard InChI is InChI=1S/C19H17ClN2O2S/c1-12(24-17-5-3-4-15(20)10-17)19(23)22-16-8-6-14(7-9-16)18-11-25-13(2)21-18/h3-12H,1-2H3,(H,22,23). The van der Waals surface area contributed by atoms with Gasteiger partial charge in [0.25, 0.3) is 5.91 Å². The highest BCUT2D eigenvalue weighted by Crippen LogP contribution is 2.23. The third-order valence-electron chi connectivity index (χ3n) is 3.55. The van der Waals surface area contributed by atoms with E-state index in [0.29, 0.717) is 16.5 Å². The number of ether oxygens (including phenoxy) is 1. The number of benzene rings is 2. The molecule has 25 heavy (non-hydrogen) atoms. The van der Waals surface area contributed by atoms with Crippen molar-refractivity contribution >= 4 is 34.5 Å². The maximum atomic E-state index is 12.3. The molecule has 1 N–H and O–H groups in total. The fourth-order valence-electron chi connectivity index (χ4n) is 2.26. The maximum absolute atomic E-state index is 12.3. The number of hydrogen-bond donors (Lipinski definition) is 1. The van der Waals surface area contributed by atoms with Gasteiger partial charge in [-0.1, -0.05) is 29.8 Å². The molecule has 6 heteroatoms. The fourth-order valence-corrected chi connectivity index (χ4v) is 3.06. The van der Waals surface area contributed by atoms with Crippen molar-refractivity contribution in [3.05, 3.63) is 63.9 Å². The lowest BCUT2D eigenvalue weighted by Crippen LogP contribution is -2.30. The summed E-state index contributed by atoms with van der Waals surface area (Å²) in [6.45, 7) is 3.67. The van der Waals surface area contributed by atoms with Gasteiger partial charge in [-0.3, -0.25) is 4.79 Å². The molecule has 1 unspecified atom stereocenters. The van der Waals surface area contributed by atoms with Crippen LogP contribution in [0.5, 0.6) is 5.75 Å². The zero-order chi connectivity index (χ0) is 17.8. The molecule has 0 aliphatic heterocycles. The van der Waals surface area contributed by atoms with Gasteiger partial charge < -0.3 is 10.1 Å². The van der Waals surface area contributed by atoms with E-state index in [0.717, 1.165) is 16.3 Å². The fraction of sp³-hybridized carbons (Fsp3) is 0.158. The Kier molecular flexibility index (Phi) is 5.36. The number of carbonyl (C=O) groups excluding carboxylic acids is 1. The second-order valence-corrected chi connectivity index (χ2v) is 7.03. The molecule has 0 spiro atoms. The first-order chi connectivity index (χ1) is 12.0. The van der Waals surface area contributed by atoms with Gasteiger partial charge >= 0.3 is 0 Å². The van der Waals surface area contributed by atoms with Crippen LogP contribution >= 0.6 is 22.9 Å². The molecule has 4 nitrogen and oxygen atoms in total. The number of anilines is 1. The van der Waals surface area contributed by atoms with Crippen molar-refractivity contribution in [3.8, 4) is 17.0 Å². The van der Waals surface area contributed by atoms with Crippen molar-refractivity contribution in [3.63, 3.8) is 0 Å². The molecule has 0 aliphatic rings. The molecule has 0 saturated heterocycles. The number of carbonyl (C=O) groups is 1. The zero-order valence-corrected chi connectivity index (χ0v) is 15.4. The van der Waals surface area contributed by atoms with Crippen molar-refractivity contribution < 1.29 is 9.53 Å². The highest BCUT2D eigenvalue weighted by Gasteiger charge is 2.15. The number of aromatic nitrogens is 1. The second-order valence-electron chi connectivity index (χ2n) is 5.54. The van der Waals surface area contributed by atoms with Gasteiger partial charge in [-0.2, -0.15) is 0 Å². The van der Waals surface area contributed by atoms with Gasteiger partial charge in [0.15, 0.2) is 6.10 Å². The number of nitrogens with one attached hydrogen (secondary N) is 1. The molecule has 0 radical (unpaired) electrons. The highest BCUT2D eigenvalue weighted by molar-refractivity contribution is 7.09. The largest absolute Gasteiger partial charge is 0.481 e. The molecule has 3 aromatic rings. The molecular weight excluding hydrogens is 356 g/mol. The van der Waals surface area contributed by atoms with Crippen LogP contribution in [0.1, 0.15) is 11.9 Å². The molecule has 1 amide bonds. The average Bonchev–Trinajstić information content (AvgIpc) is 3.02. The second kappa shape index (κ2) is 7.68. The van der Waals surface area contributed by atoms with E-state index in [9.17, 15) is 4.79 Å². The number of amides is 1. The van der Waals surface area contributed by atoms with E-state index in [2.05, 4.69) is 10.3 Å². The number of nitrogens with zero attached hydrogens (tertiary/aromatic N) is 1. The number of halogens is 1. The molecular formula is C19H17ClN2O2S. The van der Waals surface area contributed by atoms with E-state index >= 15 is 0 Å². The summed E-state index contributed by atoms with van der Waals surface area (Å²) >= 11 is 7.53. The zero-order valence-electron chi connectivity index (χ0n) is 13.8. The van der Waals surface area contributed by atoms with Gasteiger partial charge in [-0.05, 0) is 44.2 Å². The van der Waals surface area contributed by atoms with E-state index in [-0.39, 0.29) is 5.91 Å². The molecule has 0 fully saturated rings. The Bertz CT molecular complexity index is 877. The van der Waals surface area contributed by atoms with E-state index < -0.39 is 6.10 Å². The minimum absolute atomic E-state index is 0.225. The Balaban J connectivity index is 1.62. The third kappa shape index (κ3) is 4.59. The summed E-state index contributed by atoms with van der Waals surface area (Å²) in [7, 11) is 0.